The fourth-order valence-electron chi connectivity index (χ4n) is 7.11. The van der Waals surface area contributed by atoms with E-state index in [1.54, 1.807) is 16.7 Å². The highest BCUT2D eigenvalue weighted by molar-refractivity contribution is 6.34. The number of hydrogen-bond acceptors (Lipinski definition) is 7. The van der Waals surface area contributed by atoms with E-state index in [0.717, 1.165) is 0 Å². The molecule has 2 aliphatic heterocycles. The number of carbonyl (C=O) groups excluding carboxylic acids is 3. The van der Waals surface area contributed by atoms with E-state index < -0.39 is 30.3 Å². The summed E-state index contributed by atoms with van der Waals surface area (Å²) in [7, 11) is 5.32. The number of aliphatic hydroxyl groups excluding tert-OH is 1. The van der Waals surface area contributed by atoms with E-state index in [1.165, 1.54) is 59.0 Å². The third kappa shape index (κ3) is 7.85. The zero-order chi connectivity index (χ0) is 39.1. The highest BCUT2D eigenvalue weighted by Crippen LogP contribution is 2.33. The number of piperazine rings is 1. The van der Waals surface area contributed by atoms with Gasteiger partial charge < -0.3 is 34.0 Å². The molecule has 2 aromatic carbocycles. The first kappa shape index (κ1) is 38.9. The Morgan fingerprint density at radius 2 is 1.70 bits per heavy atom. The monoisotopic (exact) mass is 775 g/mol. The van der Waals surface area contributed by atoms with E-state index in [0.29, 0.717) is 49.3 Å². The van der Waals surface area contributed by atoms with E-state index in [4.69, 9.17) is 11.6 Å². The van der Waals surface area contributed by atoms with Gasteiger partial charge in [0.2, 0.25) is 0 Å². The summed E-state index contributed by atoms with van der Waals surface area (Å²) in [6, 6.07) is 6.79. The maximum Gasteiger partial charge on any atom is 0.345 e. The first-order valence-corrected chi connectivity index (χ1v) is 17.6. The first-order chi connectivity index (χ1) is 25.5. The molecular weight excluding hydrogens is 736 g/mol. The van der Waals surface area contributed by atoms with Crippen molar-refractivity contribution in [2.24, 2.45) is 7.05 Å². The lowest BCUT2D eigenvalue weighted by Gasteiger charge is -2.38. The molecule has 4 heterocycles. The van der Waals surface area contributed by atoms with Gasteiger partial charge in [-0.25, -0.2) is 13.8 Å². The number of aromatic nitrogens is 4. The number of aryl methyl sites for hydroxylation is 1. The molecule has 0 bridgehead atoms. The average Bonchev–Trinajstić information content (AvgIpc) is 3.77. The van der Waals surface area contributed by atoms with Gasteiger partial charge in [-0.1, -0.05) is 17.7 Å². The van der Waals surface area contributed by atoms with E-state index in [9.17, 15) is 28.3 Å². The molecule has 2 atom stereocenters. The number of benzene rings is 2. The van der Waals surface area contributed by atoms with E-state index in [1.807, 2.05) is 14.1 Å². The summed E-state index contributed by atoms with van der Waals surface area (Å²) in [5.41, 5.74) is 0.975. The first-order valence-electron chi connectivity index (χ1n) is 17.2. The lowest BCUT2D eigenvalue weighted by Crippen LogP contribution is -2.58. The minimum absolute atomic E-state index is 0.0177. The summed E-state index contributed by atoms with van der Waals surface area (Å²) in [5, 5.41) is 17.0. The normalized spacial score (nSPS) is 18.4. The lowest BCUT2D eigenvalue weighted by molar-refractivity contribution is -0.894. The van der Waals surface area contributed by atoms with Crippen LogP contribution in [0.2, 0.25) is 5.02 Å². The van der Waals surface area contributed by atoms with Gasteiger partial charge in [0.05, 0.1) is 55.4 Å². The fraction of sp³-hybridized carbons (Fsp3) is 0.417. The van der Waals surface area contributed by atoms with Crippen LogP contribution in [0.25, 0.3) is 22.4 Å². The Hall–Kier alpha value is -4.84. The molecule has 6 rings (SSSR count). The average molecular weight is 776 g/mol. The van der Waals surface area contributed by atoms with Crippen molar-refractivity contribution in [2.45, 2.75) is 38.6 Å². The number of halogens is 5. The number of aliphatic hydroxyl groups is 1. The molecule has 4 aromatic rings. The molecule has 288 valence electrons. The van der Waals surface area contributed by atoms with Crippen LogP contribution in [-0.2, 0) is 23.1 Å². The van der Waals surface area contributed by atoms with Gasteiger partial charge in [0.25, 0.3) is 17.7 Å². The van der Waals surface area contributed by atoms with Crippen LogP contribution in [-0.4, -0.2) is 129 Å². The molecule has 2 N–H and O–H groups in total. The van der Waals surface area contributed by atoms with Crippen molar-refractivity contribution < 1.29 is 46.3 Å². The molecule has 2 aliphatic rings. The minimum Gasteiger partial charge on any atom is -0.387 e. The van der Waals surface area contributed by atoms with Crippen molar-refractivity contribution in [1.29, 1.82) is 0 Å². The van der Waals surface area contributed by atoms with Crippen LogP contribution in [0.3, 0.4) is 0 Å². The molecule has 0 spiro atoms. The second-order valence-corrected chi connectivity index (χ2v) is 14.4. The highest BCUT2D eigenvalue weighted by Gasteiger charge is 2.46. The van der Waals surface area contributed by atoms with E-state index in [2.05, 4.69) is 20.1 Å². The molecular formula is C36H40ClF4N8O5+. The summed E-state index contributed by atoms with van der Waals surface area (Å²) in [5.74, 6) is -3.50. The van der Waals surface area contributed by atoms with Gasteiger partial charge in [-0.15, -0.1) is 0 Å². The van der Waals surface area contributed by atoms with Crippen molar-refractivity contribution in [3.05, 3.63) is 76.5 Å². The predicted molar refractivity (Wildman–Crippen MR) is 190 cm³/mol. The van der Waals surface area contributed by atoms with Crippen molar-refractivity contribution >= 4 is 35.0 Å². The Morgan fingerprint density at radius 1 is 1.04 bits per heavy atom. The molecule has 2 aromatic heterocycles. The van der Waals surface area contributed by atoms with E-state index >= 15 is 8.78 Å². The lowest BCUT2D eigenvalue weighted by atomic mass is 10.0. The smallest absolute Gasteiger partial charge is 0.345 e. The second-order valence-electron chi connectivity index (χ2n) is 14.0. The van der Waals surface area contributed by atoms with Crippen LogP contribution >= 0.6 is 11.6 Å². The number of likely N-dealkylation sites (N-methyl/N-ethyl adjacent to an activating group) is 1. The minimum atomic E-state index is -2.94. The molecule has 2 fully saturated rings. The van der Waals surface area contributed by atoms with Crippen molar-refractivity contribution in [1.82, 2.24) is 29.1 Å². The SMILES string of the molecule is Cc1nn(CCOC(F)F)cc1-c1ccc(-c2cnc(C(=O)Nc3ccc(C(=O)N4CCN(C(=O)[C@@H]5C[C@@H](O)C[N+]5(C)C)CC4)c(Cl)c3)n2C)c(F)c1F. The number of rotatable bonds is 10. The number of nitrogens with one attached hydrogen (secondary N) is 1. The molecule has 2 saturated heterocycles. The summed E-state index contributed by atoms with van der Waals surface area (Å²) in [6.07, 6.45) is 2.53. The quantitative estimate of drug-likeness (QED) is 0.183. The number of hydrogen-bond donors (Lipinski definition) is 2. The van der Waals surface area contributed by atoms with Crippen molar-refractivity contribution in [2.75, 3.05) is 58.7 Å². The molecule has 0 unspecified atom stereocenters. The number of amides is 3. The van der Waals surface area contributed by atoms with E-state index in [-0.39, 0.29) is 75.5 Å². The number of alkyl halides is 2. The van der Waals surface area contributed by atoms with Gasteiger partial charge in [-0.2, -0.15) is 13.9 Å². The largest absolute Gasteiger partial charge is 0.387 e. The number of likely N-dealkylation sites (tertiary alicyclic amines) is 1. The van der Waals surface area contributed by atoms with Crippen LogP contribution in [0, 0.1) is 18.6 Å². The Labute approximate surface area is 313 Å². The number of carbonyl (C=O) groups is 3. The maximum atomic E-state index is 15.5. The fourth-order valence-corrected chi connectivity index (χ4v) is 7.37. The van der Waals surface area contributed by atoms with Gasteiger partial charge >= 0.3 is 6.61 Å². The van der Waals surface area contributed by atoms with Gasteiger partial charge in [-0.05, 0) is 31.2 Å². The van der Waals surface area contributed by atoms with Crippen LogP contribution in [0.1, 0.15) is 33.1 Å². The zero-order valence-corrected chi connectivity index (χ0v) is 30.8. The summed E-state index contributed by atoms with van der Waals surface area (Å²) in [4.78, 5) is 47.3. The molecule has 13 nitrogen and oxygen atoms in total. The summed E-state index contributed by atoms with van der Waals surface area (Å²) in [6.45, 7) is 0.127. The Bertz CT molecular complexity index is 2080. The van der Waals surface area contributed by atoms with Crippen LogP contribution in [0.15, 0.2) is 42.7 Å². The van der Waals surface area contributed by atoms with Crippen LogP contribution in [0.5, 0.6) is 0 Å². The molecule has 3 amide bonds. The molecule has 0 saturated carbocycles. The number of anilines is 1. The summed E-state index contributed by atoms with van der Waals surface area (Å²) >= 11 is 6.51. The Kier molecular flexibility index (Phi) is 11.1. The molecule has 0 radical (unpaired) electrons. The highest BCUT2D eigenvalue weighted by atomic mass is 35.5. The van der Waals surface area contributed by atoms with Crippen molar-refractivity contribution in [3.8, 4) is 22.4 Å². The molecule has 0 aliphatic carbocycles. The molecule has 18 heteroatoms. The summed E-state index contributed by atoms with van der Waals surface area (Å²) < 4.78 is 62.9. The number of ether oxygens (including phenoxy) is 1. The van der Waals surface area contributed by atoms with Crippen molar-refractivity contribution in [3.63, 3.8) is 0 Å². The number of quaternary nitrogens is 1. The number of imidazole rings is 1. The third-order valence-corrected chi connectivity index (χ3v) is 10.3. The Balaban J connectivity index is 1.09. The van der Waals surface area contributed by atoms with Crippen LogP contribution < -0.4 is 5.32 Å². The standard InChI is InChI=1S/C36H39ClF4N8O5/c1-20-26(18-48(44-20)13-14-54-36(40)41)23-7-8-25(31(39)30(23)38)28-17-42-32(45(28)2)33(51)43-21-5-6-24(27(37)15-21)34(52)46-9-11-47(12-10-46)35(53)29-16-22(50)19-49(29,3)4/h5-8,15,17-18,22,29,36,50H,9-14,16,19H2,1-4H3/p+1/t22-,29+/m1/s1. The van der Waals surface area contributed by atoms with Crippen LogP contribution in [0.4, 0.5) is 23.2 Å². The zero-order valence-electron chi connectivity index (χ0n) is 30.0. The van der Waals surface area contributed by atoms with Gasteiger partial charge in [-0.3, -0.25) is 19.1 Å². The van der Waals surface area contributed by atoms with Gasteiger partial charge in [0.1, 0.15) is 12.6 Å². The third-order valence-electron chi connectivity index (χ3n) is 9.99. The maximum absolute atomic E-state index is 15.5. The second kappa shape index (κ2) is 15.5. The predicted octanol–water partition coefficient (Wildman–Crippen LogP) is 4.18. The number of nitrogens with zero attached hydrogens (tertiary/aromatic N) is 7. The van der Waals surface area contributed by atoms with Gasteiger partial charge in [0.15, 0.2) is 23.5 Å². The topological polar surface area (TPSA) is 135 Å². The molecule has 54 heavy (non-hydrogen) atoms. The van der Waals surface area contributed by atoms with Gasteiger partial charge in [0, 0.05) is 68.2 Å². The Morgan fingerprint density at radius 3 is 2.35 bits per heavy atom.